The first kappa shape index (κ1) is 19.2. The molecule has 0 radical (unpaired) electrons. The molecular formula is C25H21ClN2O. The Labute approximate surface area is 175 Å². The Balaban J connectivity index is 1.68. The van der Waals surface area contributed by atoms with Crippen LogP contribution in [0.5, 0.6) is 0 Å². The average molecular weight is 401 g/mol. The molecular weight excluding hydrogens is 380 g/mol. The van der Waals surface area contributed by atoms with Crippen molar-refractivity contribution in [1.82, 2.24) is 10.3 Å². The molecule has 0 saturated carbocycles. The van der Waals surface area contributed by atoms with E-state index in [1.54, 1.807) is 0 Å². The van der Waals surface area contributed by atoms with E-state index in [4.69, 9.17) is 16.6 Å². The van der Waals surface area contributed by atoms with Crippen LogP contribution in [0, 0.1) is 0 Å². The summed E-state index contributed by atoms with van der Waals surface area (Å²) in [6.07, 6.45) is 0.990. The number of benzene rings is 3. The number of rotatable bonds is 5. The minimum Gasteiger partial charge on any atom is -0.348 e. The normalized spacial score (nSPS) is 10.8. The maximum Gasteiger partial charge on any atom is 0.252 e. The van der Waals surface area contributed by atoms with Crippen molar-refractivity contribution in [2.45, 2.75) is 19.9 Å². The summed E-state index contributed by atoms with van der Waals surface area (Å²) in [4.78, 5) is 17.8. The third-order valence-electron chi connectivity index (χ3n) is 4.99. The Morgan fingerprint density at radius 3 is 2.34 bits per heavy atom. The molecule has 1 amide bonds. The fraction of sp³-hybridized carbons (Fsp3) is 0.120. The zero-order valence-electron chi connectivity index (χ0n) is 16.2. The van der Waals surface area contributed by atoms with Gasteiger partial charge < -0.3 is 5.32 Å². The van der Waals surface area contributed by atoms with E-state index in [0.29, 0.717) is 17.1 Å². The quantitative estimate of drug-likeness (QED) is 0.443. The molecule has 0 saturated heterocycles. The highest BCUT2D eigenvalue weighted by molar-refractivity contribution is 6.30. The molecule has 1 N–H and O–H groups in total. The smallest absolute Gasteiger partial charge is 0.252 e. The lowest BCUT2D eigenvalue weighted by Crippen LogP contribution is -2.23. The number of halogens is 1. The first-order chi connectivity index (χ1) is 14.1. The Kier molecular flexibility index (Phi) is 5.59. The van der Waals surface area contributed by atoms with E-state index in [1.807, 2.05) is 54.6 Å². The number of hydrogen-bond donors (Lipinski definition) is 1. The van der Waals surface area contributed by atoms with Crippen LogP contribution in [0.25, 0.3) is 22.2 Å². The van der Waals surface area contributed by atoms with Gasteiger partial charge in [-0.05, 0) is 41.8 Å². The second-order valence-corrected chi connectivity index (χ2v) is 7.37. The molecule has 144 valence electrons. The summed E-state index contributed by atoms with van der Waals surface area (Å²) in [5.74, 6) is -0.120. The lowest BCUT2D eigenvalue weighted by atomic mass is 10.0. The van der Waals surface area contributed by atoms with Crippen LogP contribution >= 0.6 is 11.6 Å². The van der Waals surface area contributed by atoms with Crippen molar-refractivity contribution < 1.29 is 4.79 Å². The topological polar surface area (TPSA) is 42.0 Å². The van der Waals surface area contributed by atoms with E-state index < -0.39 is 0 Å². The number of aryl methyl sites for hydroxylation is 1. The van der Waals surface area contributed by atoms with Gasteiger partial charge in [0.25, 0.3) is 5.91 Å². The minimum absolute atomic E-state index is 0.120. The molecule has 4 rings (SSSR count). The molecule has 3 nitrogen and oxygen atoms in total. The van der Waals surface area contributed by atoms with Gasteiger partial charge in [0.1, 0.15) is 0 Å². The first-order valence-corrected chi connectivity index (χ1v) is 10.0. The molecule has 0 bridgehead atoms. The van der Waals surface area contributed by atoms with Crippen LogP contribution in [-0.2, 0) is 13.0 Å². The number of aromatic nitrogens is 1. The van der Waals surface area contributed by atoms with Crippen LogP contribution in [0.3, 0.4) is 0 Å². The summed E-state index contributed by atoms with van der Waals surface area (Å²) >= 11 is 5.94. The van der Waals surface area contributed by atoms with Crippen LogP contribution in [0.15, 0.2) is 78.9 Å². The SMILES string of the molecule is CCc1ccc(-c2cc(C(=O)NCc3ccc(Cl)cc3)c3ccccc3n2)cc1. The standard InChI is InChI=1S/C25H21ClN2O/c1-2-17-7-11-19(12-8-17)24-15-22(21-5-3-4-6-23(21)28-24)25(29)27-16-18-9-13-20(26)14-10-18/h3-15H,2,16H2,1H3,(H,27,29). The predicted molar refractivity (Wildman–Crippen MR) is 119 cm³/mol. The molecule has 1 heterocycles. The van der Waals surface area contributed by atoms with E-state index in [-0.39, 0.29) is 5.91 Å². The van der Waals surface area contributed by atoms with Crippen molar-refractivity contribution in [3.63, 3.8) is 0 Å². The molecule has 0 aliphatic heterocycles. The monoisotopic (exact) mass is 400 g/mol. The maximum atomic E-state index is 13.0. The number of amides is 1. The van der Waals surface area contributed by atoms with Gasteiger partial charge in [0.05, 0.1) is 16.8 Å². The lowest BCUT2D eigenvalue weighted by molar-refractivity contribution is 0.0952. The molecule has 1 aromatic heterocycles. The molecule has 0 atom stereocenters. The molecule has 0 spiro atoms. The summed E-state index contributed by atoms with van der Waals surface area (Å²) in [7, 11) is 0. The van der Waals surface area contributed by atoms with Crippen molar-refractivity contribution >= 4 is 28.4 Å². The van der Waals surface area contributed by atoms with E-state index in [9.17, 15) is 4.79 Å². The van der Waals surface area contributed by atoms with Gasteiger partial charge in [-0.2, -0.15) is 0 Å². The number of nitrogens with zero attached hydrogens (tertiary/aromatic N) is 1. The summed E-state index contributed by atoms with van der Waals surface area (Å²) in [6.45, 7) is 2.57. The summed E-state index contributed by atoms with van der Waals surface area (Å²) in [5.41, 5.74) is 5.50. The number of pyridine rings is 1. The minimum atomic E-state index is -0.120. The van der Waals surface area contributed by atoms with E-state index >= 15 is 0 Å². The van der Waals surface area contributed by atoms with E-state index in [0.717, 1.165) is 34.1 Å². The average Bonchev–Trinajstić information content (AvgIpc) is 2.78. The molecule has 3 aromatic carbocycles. The fourth-order valence-electron chi connectivity index (χ4n) is 3.30. The summed E-state index contributed by atoms with van der Waals surface area (Å²) in [6, 6.07) is 25.4. The maximum absolute atomic E-state index is 13.0. The molecule has 0 aliphatic rings. The highest BCUT2D eigenvalue weighted by Crippen LogP contribution is 2.25. The molecule has 4 heteroatoms. The summed E-state index contributed by atoms with van der Waals surface area (Å²) < 4.78 is 0. The van der Waals surface area contributed by atoms with Gasteiger partial charge >= 0.3 is 0 Å². The van der Waals surface area contributed by atoms with Crippen LogP contribution < -0.4 is 5.32 Å². The van der Waals surface area contributed by atoms with Gasteiger partial charge in [-0.1, -0.05) is 73.1 Å². The zero-order valence-corrected chi connectivity index (χ0v) is 16.9. The van der Waals surface area contributed by atoms with Crippen molar-refractivity contribution in [2.75, 3.05) is 0 Å². The first-order valence-electron chi connectivity index (χ1n) is 9.66. The summed E-state index contributed by atoms with van der Waals surface area (Å²) in [5, 5.41) is 4.54. The van der Waals surface area contributed by atoms with Crippen molar-refractivity contribution in [2.24, 2.45) is 0 Å². The Morgan fingerprint density at radius 2 is 1.62 bits per heavy atom. The lowest BCUT2D eigenvalue weighted by Gasteiger charge is -2.11. The fourth-order valence-corrected chi connectivity index (χ4v) is 3.43. The highest BCUT2D eigenvalue weighted by atomic mass is 35.5. The zero-order chi connectivity index (χ0) is 20.2. The van der Waals surface area contributed by atoms with E-state index in [1.165, 1.54) is 5.56 Å². The van der Waals surface area contributed by atoms with Crippen molar-refractivity contribution in [3.8, 4) is 11.3 Å². The number of carbonyl (C=O) groups excluding carboxylic acids is 1. The molecule has 0 aliphatic carbocycles. The largest absolute Gasteiger partial charge is 0.348 e. The third kappa shape index (κ3) is 4.30. The molecule has 0 unspecified atom stereocenters. The second kappa shape index (κ2) is 8.46. The van der Waals surface area contributed by atoms with Gasteiger partial charge in [-0.3, -0.25) is 4.79 Å². The van der Waals surface area contributed by atoms with Crippen LogP contribution in [0.1, 0.15) is 28.4 Å². The van der Waals surface area contributed by atoms with Crippen LogP contribution in [0.2, 0.25) is 5.02 Å². The second-order valence-electron chi connectivity index (χ2n) is 6.93. The Morgan fingerprint density at radius 1 is 0.931 bits per heavy atom. The third-order valence-corrected chi connectivity index (χ3v) is 5.24. The predicted octanol–water partition coefficient (Wildman–Crippen LogP) is 6.05. The van der Waals surface area contributed by atoms with Crippen LogP contribution in [-0.4, -0.2) is 10.9 Å². The molecule has 29 heavy (non-hydrogen) atoms. The van der Waals surface area contributed by atoms with Crippen LogP contribution in [0.4, 0.5) is 0 Å². The number of nitrogens with one attached hydrogen (secondary N) is 1. The van der Waals surface area contributed by atoms with Gasteiger partial charge in [-0.15, -0.1) is 0 Å². The van der Waals surface area contributed by atoms with E-state index in [2.05, 4.69) is 36.5 Å². The van der Waals surface area contributed by atoms with Crippen molar-refractivity contribution in [3.05, 3.63) is 101 Å². The molecule has 4 aromatic rings. The Hall–Kier alpha value is -3.17. The molecule has 0 fully saturated rings. The Bertz CT molecular complexity index is 1150. The number of carbonyl (C=O) groups is 1. The van der Waals surface area contributed by atoms with Gasteiger partial charge in [0.15, 0.2) is 0 Å². The number of fused-ring (bicyclic) bond motifs is 1. The van der Waals surface area contributed by atoms with Crippen molar-refractivity contribution in [1.29, 1.82) is 0 Å². The highest BCUT2D eigenvalue weighted by Gasteiger charge is 2.14. The van der Waals surface area contributed by atoms with Gasteiger partial charge in [0, 0.05) is 22.5 Å². The number of hydrogen-bond acceptors (Lipinski definition) is 2. The van der Waals surface area contributed by atoms with Gasteiger partial charge in [-0.25, -0.2) is 4.98 Å². The number of para-hydroxylation sites is 1. The van der Waals surface area contributed by atoms with Gasteiger partial charge in [0.2, 0.25) is 0 Å².